The summed E-state index contributed by atoms with van der Waals surface area (Å²) >= 11 is 3.42. The molecule has 0 saturated carbocycles. The zero-order valence-corrected chi connectivity index (χ0v) is 35.3. The van der Waals surface area contributed by atoms with Gasteiger partial charge in [-0.15, -0.1) is 0 Å². The van der Waals surface area contributed by atoms with Crippen LogP contribution >= 0.6 is 15.9 Å². The molecule has 2 fully saturated rings. The van der Waals surface area contributed by atoms with Crippen molar-refractivity contribution in [1.82, 2.24) is 0 Å². The Kier molecular flexibility index (Phi) is 18.2. The topological polar surface area (TPSA) is 46.2 Å². The van der Waals surface area contributed by atoms with E-state index in [1.54, 1.807) is 0 Å². The van der Waals surface area contributed by atoms with Crippen LogP contribution in [0.1, 0.15) is 89.0 Å². The van der Waals surface area contributed by atoms with Crippen LogP contribution in [0.2, 0.25) is 0 Å². The van der Waals surface area contributed by atoms with E-state index in [2.05, 4.69) is 155 Å². The Labute approximate surface area is 336 Å². The third kappa shape index (κ3) is 13.3. The molecule has 0 aliphatic carbocycles. The van der Waals surface area contributed by atoms with Crippen LogP contribution in [0.3, 0.4) is 0 Å². The van der Waals surface area contributed by atoms with Gasteiger partial charge in [0.05, 0.1) is 22.4 Å². The fraction of sp³-hybridized carbons (Fsp3) is 0.419. The predicted molar refractivity (Wildman–Crippen MR) is 220 cm³/mol. The van der Waals surface area contributed by atoms with Crippen molar-refractivity contribution >= 4 is 35.8 Å². The molecule has 0 amide bonds. The Morgan fingerprint density at radius 3 is 1.25 bits per heavy atom. The van der Waals surface area contributed by atoms with Crippen molar-refractivity contribution in [3.8, 4) is 22.3 Å². The fourth-order valence-corrected chi connectivity index (χ4v) is 5.05. The van der Waals surface area contributed by atoms with E-state index in [0.717, 1.165) is 16.4 Å². The summed E-state index contributed by atoms with van der Waals surface area (Å²) in [5, 5.41) is 0. The van der Waals surface area contributed by atoms with Gasteiger partial charge in [0.2, 0.25) is 0 Å². The number of rotatable bonds is 6. The van der Waals surface area contributed by atoms with Crippen LogP contribution in [0.15, 0.2) is 114 Å². The first kappa shape index (κ1) is 46.0. The van der Waals surface area contributed by atoms with Crippen LogP contribution in [-0.2, 0) is 23.3 Å². The van der Waals surface area contributed by atoms with E-state index in [0.29, 0.717) is 0 Å². The minimum absolute atomic E-state index is 0. The second kappa shape index (κ2) is 20.5. The number of unbranched alkanes of at least 4 members (excludes halogenated alkanes) is 1. The molecule has 2 saturated heterocycles. The van der Waals surface area contributed by atoms with Crippen molar-refractivity contribution in [3.63, 3.8) is 0 Å². The largest absolute Gasteiger partial charge is 1.00 e. The molecule has 6 rings (SSSR count). The van der Waals surface area contributed by atoms with Crippen molar-refractivity contribution in [3.05, 3.63) is 121 Å². The third-order valence-corrected chi connectivity index (χ3v) is 9.99. The van der Waals surface area contributed by atoms with E-state index in [1.165, 1.54) is 28.7 Å². The fourth-order valence-electron chi connectivity index (χ4n) is 4.78. The minimum Gasteiger partial charge on any atom is -0.399 e. The summed E-state index contributed by atoms with van der Waals surface area (Å²) in [7, 11) is -0.815. The van der Waals surface area contributed by atoms with Crippen LogP contribution in [-0.4, -0.2) is 42.9 Å². The molecule has 4 aromatic rings. The van der Waals surface area contributed by atoms with Gasteiger partial charge >= 0.3 is 33.3 Å². The molecule has 52 heavy (non-hydrogen) atoms. The molecule has 4 aromatic carbocycles. The maximum absolute atomic E-state index is 6.07. The Hall–Kier alpha value is -2.11. The third-order valence-electron chi connectivity index (χ3n) is 9.46. The van der Waals surface area contributed by atoms with Gasteiger partial charge in [0, 0.05) is 10.6 Å². The first-order chi connectivity index (χ1) is 23.9. The van der Waals surface area contributed by atoms with Crippen molar-refractivity contribution < 1.29 is 42.1 Å². The van der Waals surface area contributed by atoms with Crippen LogP contribution in [0.4, 0.5) is 0 Å². The molecule has 0 radical (unpaired) electrons. The summed E-state index contributed by atoms with van der Waals surface area (Å²) in [5.74, 6) is 0. The Bertz CT molecular complexity index is 1550. The average Bonchev–Trinajstić information content (AvgIpc) is 3.44. The molecule has 0 unspecified atom stereocenters. The van der Waals surface area contributed by atoms with Crippen molar-refractivity contribution in [1.29, 1.82) is 0 Å². The van der Waals surface area contributed by atoms with Crippen LogP contribution in [0.25, 0.3) is 22.3 Å². The van der Waals surface area contributed by atoms with Gasteiger partial charge in [0.15, 0.2) is 0 Å². The van der Waals surface area contributed by atoms with E-state index in [-0.39, 0.29) is 54.5 Å². The van der Waals surface area contributed by atoms with Crippen molar-refractivity contribution in [2.75, 3.05) is 0 Å². The molecule has 2 heterocycles. The first-order valence-electron chi connectivity index (χ1n) is 18.0. The number of hydrogen-bond donors (Lipinski definition) is 0. The van der Waals surface area contributed by atoms with Gasteiger partial charge in [0.1, 0.15) is 0 Å². The Morgan fingerprint density at radius 2 is 0.904 bits per heavy atom. The molecule has 5 nitrogen and oxygen atoms in total. The van der Waals surface area contributed by atoms with E-state index >= 15 is 0 Å². The monoisotopic (exact) mass is 762 g/mol. The molecule has 0 spiro atoms. The van der Waals surface area contributed by atoms with Gasteiger partial charge in [0.25, 0.3) is 0 Å². The molecule has 0 aromatic heterocycles. The second-order valence-corrected chi connectivity index (χ2v) is 15.9. The van der Waals surface area contributed by atoms with Crippen LogP contribution in [0.5, 0.6) is 0 Å². The zero-order chi connectivity index (χ0) is 37.9. The molecular weight excluding hydrogens is 705 g/mol. The van der Waals surface area contributed by atoms with Crippen LogP contribution < -0.4 is 24.3 Å². The normalized spacial score (nSPS) is 17.4. The molecule has 0 N–H and O–H groups in total. The van der Waals surface area contributed by atoms with E-state index in [1.807, 2.05) is 53.7 Å². The molecule has 274 valence electrons. The molecule has 9 heteroatoms. The van der Waals surface area contributed by atoms with Gasteiger partial charge in [-0.05, 0) is 109 Å². The van der Waals surface area contributed by atoms with E-state index in [4.69, 9.17) is 23.3 Å². The summed E-state index contributed by atoms with van der Waals surface area (Å²) < 4.78 is 30.0. The summed E-state index contributed by atoms with van der Waals surface area (Å²) in [6.07, 6.45) is 2.40. The second-order valence-electron chi connectivity index (χ2n) is 15.0. The quantitative estimate of drug-likeness (QED) is 0.146. The Balaban J connectivity index is 0.000000264. The molecule has 2 aliphatic rings. The van der Waals surface area contributed by atoms with Crippen molar-refractivity contribution in [2.45, 2.75) is 118 Å². The van der Waals surface area contributed by atoms with Gasteiger partial charge in [-0.3, -0.25) is 0 Å². The first-order valence-corrected chi connectivity index (χ1v) is 18.8. The summed E-state index contributed by atoms with van der Waals surface area (Å²) in [4.78, 5) is 0. The molecule has 0 atom stereocenters. The standard InChI is InChI=1S/C18H21BO2.C12H9Br.C9H19BO3.C4H9.Li/c1-17(2)18(3,4)21-19(20-17)16-12-10-15(11-13-16)14-8-6-5-7-9-14;13-12-8-6-11(7-9-12)10-4-2-1-3-5-10;1-7(2)11-10-12-8(3,4)9(5,6)13-10;1-3-4-2;/h5-13H,1-4H3;1-9H;7H,1-6H3;1,3-4H2,2H3;/q;;;-1;+1. The number of halogens is 1. The number of hydrogen-bond acceptors (Lipinski definition) is 5. The van der Waals surface area contributed by atoms with Crippen LogP contribution in [0, 0.1) is 6.92 Å². The SMILES string of the molecule is Brc1ccc(-c2ccccc2)cc1.CC(C)OB1OC(C)(C)C(C)(C)O1.CC1(C)OB(c2ccc(-c3ccccc3)cc2)OC1(C)C.[CH2-]CCC.[Li+]. The summed E-state index contributed by atoms with van der Waals surface area (Å²) in [6.45, 7) is 26.0. The molecule has 2 aliphatic heterocycles. The summed E-state index contributed by atoms with van der Waals surface area (Å²) in [5.41, 5.74) is 4.81. The zero-order valence-electron chi connectivity index (χ0n) is 33.7. The van der Waals surface area contributed by atoms with Gasteiger partial charge in [-0.1, -0.05) is 126 Å². The maximum atomic E-state index is 6.07. The van der Waals surface area contributed by atoms with Gasteiger partial charge in [-0.2, -0.15) is 6.42 Å². The maximum Gasteiger partial charge on any atom is 1.00 e. The molecule has 0 bridgehead atoms. The number of benzene rings is 4. The van der Waals surface area contributed by atoms with Crippen molar-refractivity contribution in [2.24, 2.45) is 0 Å². The van der Waals surface area contributed by atoms with Gasteiger partial charge < -0.3 is 30.2 Å². The minimum atomic E-state index is -0.523. The smallest absolute Gasteiger partial charge is 0.399 e. The Morgan fingerprint density at radius 1 is 0.577 bits per heavy atom. The van der Waals surface area contributed by atoms with E-state index < -0.39 is 7.32 Å². The van der Waals surface area contributed by atoms with E-state index in [9.17, 15) is 0 Å². The van der Waals surface area contributed by atoms with Gasteiger partial charge in [-0.25, -0.2) is 0 Å². The molecular formula is C43H58B2BrLiO5. The summed E-state index contributed by atoms with van der Waals surface area (Å²) in [6, 6.07) is 37.5. The predicted octanol–water partition coefficient (Wildman–Crippen LogP) is 8.39. The average molecular weight is 763 g/mol.